The lowest BCUT2D eigenvalue weighted by Gasteiger charge is -2.28. The normalized spacial score (nSPS) is 11.7. The van der Waals surface area contributed by atoms with Crippen molar-refractivity contribution in [1.29, 1.82) is 0 Å². The maximum Gasteiger partial charge on any atom is 0.243 e. The highest BCUT2D eigenvalue weighted by Gasteiger charge is 2.32. The lowest BCUT2D eigenvalue weighted by Crippen LogP contribution is -2.56. The number of hydrogen-bond donors (Lipinski definition) is 0. The van der Waals surface area contributed by atoms with Gasteiger partial charge in [-0.1, -0.05) is 141 Å². The minimum atomic E-state index is -0.298. The maximum absolute atomic E-state index is 14.5. The molecule has 0 aliphatic heterocycles. The quantitative estimate of drug-likeness (QED) is 0.118. The van der Waals surface area contributed by atoms with Crippen LogP contribution in [0.3, 0.4) is 0 Å². The average Bonchev–Trinajstić information content (AvgIpc) is 3.16. The Hall–Kier alpha value is -6.13. The monoisotopic (exact) mass is 732 g/mol. The smallest absolute Gasteiger partial charge is 0.207 e. The molecule has 0 bridgehead atoms. The molecule has 0 nitrogen and oxygen atoms in total. The van der Waals surface area contributed by atoms with Crippen LogP contribution in [-0.4, -0.2) is 6.71 Å². The van der Waals surface area contributed by atoms with Gasteiger partial charge in [0.05, 0.1) is 0 Å². The van der Waals surface area contributed by atoms with Crippen LogP contribution in [0, 0.1) is 59.0 Å². The number of benzene rings is 9. The molecule has 0 fully saturated rings. The number of hydrogen-bond acceptors (Lipinski definition) is 0. The Labute approximate surface area is 326 Å². The highest BCUT2D eigenvalue weighted by atomic mass is 19.1. The fourth-order valence-corrected chi connectivity index (χ4v) is 9.61. The molecule has 0 aliphatic rings. The Morgan fingerprint density at radius 1 is 0.339 bits per heavy atom. The first-order chi connectivity index (χ1) is 27.0. The molecule has 0 aromatic heterocycles. The van der Waals surface area contributed by atoms with Crippen molar-refractivity contribution in [3.05, 3.63) is 184 Å². The molecule has 0 heterocycles. The summed E-state index contributed by atoms with van der Waals surface area (Å²) in [7, 11) is 0. The van der Waals surface area contributed by atoms with Crippen LogP contribution in [0.1, 0.15) is 33.4 Å². The van der Waals surface area contributed by atoms with E-state index in [0.29, 0.717) is 0 Å². The van der Waals surface area contributed by atoms with Gasteiger partial charge >= 0.3 is 0 Å². The molecule has 0 saturated carbocycles. The standard InChI is InChI=1S/C52H40BF3/c1-29-23-31(3)51(32(4)24-29)53(52-33(5)25-30(2)26-34(52)6)48-28-47(37-11-17-40(56)18-12-37)43-20-19-41-45(35-7-13-38(54)14-8-35)27-46(36-9-15-39(55)16-10-36)42-21-22-44(48)50(43)49(41)42/h7-28H,1-6H3. The summed E-state index contributed by atoms with van der Waals surface area (Å²) >= 11 is 0. The topological polar surface area (TPSA) is 0 Å². The van der Waals surface area contributed by atoms with Crippen LogP contribution in [0.5, 0.6) is 0 Å². The van der Waals surface area contributed by atoms with Gasteiger partial charge in [0, 0.05) is 0 Å². The molecule has 4 heteroatoms. The summed E-state index contributed by atoms with van der Waals surface area (Å²) < 4.78 is 43.3. The van der Waals surface area contributed by atoms with Crippen LogP contribution >= 0.6 is 0 Å². The van der Waals surface area contributed by atoms with Gasteiger partial charge in [0.15, 0.2) is 0 Å². The fourth-order valence-electron chi connectivity index (χ4n) is 9.61. The molecule has 9 aromatic rings. The molecule has 56 heavy (non-hydrogen) atoms. The Morgan fingerprint density at radius 3 is 1.00 bits per heavy atom. The first kappa shape index (κ1) is 35.6. The van der Waals surface area contributed by atoms with E-state index >= 15 is 0 Å². The van der Waals surface area contributed by atoms with Gasteiger partial charge in [-0.15, -0.1) is 0 Å². The van der Waals surface area contributed by atoms with Crippen LogP contribution in [-0.2, 0) is 0 Å². The minimum absolute atomic E-state index is 0.117. The second-order valence-electron chi connectivity index (χ2n) is 15.6. The lowest BCUT2D eigenvalue weighted by atomic mass is 9.33. The summed E-state index contributed by atoms with van der Waals surface area (Å²) in [5.74, 6) is -0.879. The van der Waals surface area contributed by atoms with E-state index in [2.05, 4.69) is 102 Å². The van der Waals surface area contributed by atoms with E-state index in [-0.39, 0.29) is 24.2 Å². The Kier molecular flexibility index (Phi) is 8.62. The average molecular weight is 733 g/mol. The van der Waals surface area contributed by atoms with Crippen LogP contribution in [0.4, 0.5) is 13.2 Å². The molecule has 9 rings (SSSR count). The van der Waals surface area contributed by atoms with Crippen LogP contribution in [0.15, 0.2) is 133 Å². The third-order valence-corrected chi connectivity index (χ3v) is 11.8. The van der Waals surface area contributed by atoms with E-state index < -0.39 is 0 Å². The van der Waals surface area contributed by atoms with Crippen molar-refractivity contribution >= 4 is 55.4 Å². The first-order valence-corrected chi connectivity index (χ1v) is 19.2. The van der Waals surface area contributed by atoms with Gasteiger partial charge in [-0.25, -0.2) is 13.2 Å². The fraction of sp³-hybridized carbons (Fsp3) is 0.115. The van der Waals surface area contributed by atoms with Crippen LogP contribution in [0.25, 0.3) is 65.7 Å². The van der Waals surface area contributed by atoms with Gasteiger partial charge in [-0.2, -0.15) is 0 Å². The lowest BCUT2D eigenvalue weighted by molar-refractivity contribution is 0.627. The van der Waals surface area contributed by atoms with Crippen molar-refractivity contribution in [3.8, 4) is 33.4 Å². The van der Waals surface area contributed by atoms with Gasteiger partial charge < -0.3 is 0 Å². The van der Waals surface area contributed by atoms with E-state index in [1.807, 2.05) is 36.4 Å². The zero-order valence-corrected chi connectivity index (χ0v) is 32.4. The van der Waals surface area contributed by atoms with Gasteiger partial charge in [0.1, 0.15) is 17.5 Å². The maximum atomic E-state index is 14.5. The Morgan fingerprint density at radius 2 is 0.643 bits per heavy atom. The Bertz CT molecular complexity index is 2810. The summed E-state index contributed by atoms with van der Waals surface area (Å²) in [6.45, 7) is 13.1. The summed E-state index contributed by atoms with van der Waals surface area (Å²) in [6.07, 6.45) is 0. The highest BCUT2D eigenvalue weighted by Crippen LogP contribution is 2.46. The van der Waals surface area contributed by atoms with E-state index in [1.54, 1.807) is 0 Å². The summed E-state index contributed by atoms with van der Waals surface area (Å²) in [5.41, 5.74) is 16.8. The molecule has 0 saturated heterocycles. The van der Waals surface area contributed by atoms with Crippen molar-refractivity contribution in [3.63, 3.8) is 0 Å². The second-order valence-corrected chi connectivity index (χ2v) is 15.6. The largest absolute Gasteiger partial charge is 0.243 e. The predicted octanol–water partition coefficient (Wildman–Crippen LogP) is 12.4. The van der Waals surface area contributed by atoms with Crippen molar-refractivity contribution < 1.29 is 13.2 Å². The molecule has 272 valence electrons. The highest BCUT2D eigenvalue weighted by molar-refractivity contribution is 6.98. The number of aryl methyl sites for hydroxylation is 6. The molecule has 0 N–H and O–H groups in total. The molecular weight excluding hydrogens is 692 g/mol. The molecule has 0 aliphatic carbocycles. The van der Waals surface area contributed by atoms with Crippen molar-refractivity contribution in [2.24, 2.45) is 0 Å². The van der Waals surface area contributed by atoms with Crippen molar-refractivity contribution in [1.82, 2.24) is 0 Å². The third kappa shape index (κ3) is 5.87. The third-order valence-electron chi connectivity index (χ3n) is 11.8. The number of halogens is 3. The summed E-state index contributed by atoms with van der Waals surface area (Å²) in [6, 6.07) is 42.6. The summed E-state index contributed by atoms with van der Waals surface area (Å²) in [5, 5.41) is 6.47. The van der Waals surface area contributed by atoms with E-state index in [1.165, 1.54) is 86.2 Å². The molecular formula is C52H40BF3. The van der Waals surface area contributed by atoms with Gasteiger partial charge in [-0.3, -0.25) is 0 Å². The zero-order valence-electron chi connectivity index (χ0n) is 32.4. The first-order valence-electron chi connectivity index (χ1n) is 19.2. The minimum Gasteiger partial charge on any atom is -0.207 e. The Balaban J connectivity index is 1.50. The van der Waals surface area contributed by atoms with Gasteiger partial charge in [0.25, 0.3) is 0 Å². The predicted molar refractivity (Wildman–Crippen MR) is 232 cm³/mol. The molecule has 0 amide bonds. The summed E-state index contributed by atoms with van der Waals surface area (Å²) in [4.78, 5) is 0. The van der Waals surface area contributed by atoms with Gasteiger partial charge in [-0.05, 0) is 150 Å². The molecule has 0 radical (unpaired) electrons. The van der Waals surface area contributed by atoms with Gasteiger partial charge in [0.2, 0.25) is 6.71 Å². The van der Waals surface area contributed by atoms with Crippen LogP contribution in [0.2, 0.25) is 0 Å². The van der Waals surface area contributed by atoms with E-state index in [9.17, 15) is 13.2 Å². The molecule has 0 atom stereocenters. The van der Waals surface area contributed by atoms with Crippen molar-refractivity contribution in [2.75, 3.05) is 0 Å². The molecule has 0 spiro atoms. The van der Waals surface area contributed by atoms with Crippen molar-refractivity contribution in [2.45, 2.75) is 41.5 Å². The van der Waals surface area contributed by atoms with E-state index in [0.717, 1.165) is 65.7 Å². The second kappa shape index (κ2) is 13.6. The molecule has 0 unspecified atom stereocenters. The zero-order chi connectivity index (χ0) is 39.0. The molecule has 9 aromatic carbocycles. The van der Waals surface area contributed by atoms with E-state index in [4.69, 9.17) is 0 Å². The van der Waals surface area contributed by atoms with Crippen LogP contribution < -0.4 is 16.4 Å². The number of rotatable bonds is 6. The SMILES string of the molecule is Cc1cc(C)c(B(c2c(C)cc(C)cc2C)c2cc(-c3ccc(F)cc3)c3ccc4c(-c5ccc(F)cc5)cc(-c5ccc(F)cc5)c5ccc2c3c54)c(C)c1.